The average molecular weight is 496 g/mol. The molecule has 3 rings (SSSR count). The number of nitrogens with zero attached hydrogens (tertiary/aromatic N) is 3. The highest BCUT2D eigenvalue weighted by Gasteiger charge is 2.42. The molecular weight excluding hydrogens is 464 g/mol. The van der Waals surface area contributed by atoms with Crippen molar-refractivity contribution in [3.8, 4) is 0 Å². The van der Waals surface area contributed by atoms with Crippen molar-refractivity contribution in [3.05, 3.63) is 29.3 Å². The first kappa shape index (κ1) is 26.4. The molecule has 2 saturated heterocycles. The van der Waals surface area contributed by atoms with Crippen LogP contribution in [0.4, 0.5) is 36.8 Å². The third kappa shape index (κ3) is 6.09. The molecule has 1 amide bonds. The van der Waals surface area contributed by atoms with E-state index in [0.717, 1.165) is 31.4 Å². The second kappa shape index (κ2) is 9.83. The van der Waals surface area contributed by atoms with Gasteiger partial charge in [-0.1, -0.05) is 6.07 Å². The summed E-state index contributed by atoms with van der Waals surface area (Å²) in [6.07, 6.45) is -9.35. The fourth-order valence-corrected chi connectivity index (χ4v) is 4.42. The van der Waals surface area contributed by atoms with Crippen molar-refractivity contribution in [2.75, 3.05) is 38.1 Å². The summed E-state index contributed by atoms with van der Waals surface area (Å²) in [7, 11) is 1.88. The maximum absolute atomic E-state index is 13.3. The lowest BCUT2D eigenvalue weighted by atomic mass is 9.87. The number of alkyl halides is 6. The van der Waals surface area contributed by atoms with Crippen LogP contribution in [0.2, 0.25) is 0 Å². The Bertz CT molecular complexity index is 859. The zero-order valence-corrected chi connectivity index (χ0v) is 19.6. The quantitative estimate of drug-likeness (QED) is 0.493. The van der Waals surface area contributed by atoms with E-state index in [9.17, 15) is 31.1 Å². The molecular formula is C23H31F6N3O2. The van der Waals surface area contributed by atoms with Crippen LogP contribution in [0.3, 0.4) is 0 Å². The van der Waals surface area contributed by atoms with E-state index < -0.39 is 30.1 Å². The molecule has 0 N–H and O–H groups in total. The van der Waals surface area contributed by atoms with Crippen LogP contribution in [0, 0.1) is 0 Å². The second-order valence-corrected chi connectivity index (χ2v) is 9.44. The number of hydrogen-bond donors (Lipinski definition) is 0. The van der Waals surface area contributed by atoms with Gasteiger partial charge < -0.3 is 14.5 Å². The summed E-state index contributed by atoms with van der Waals surface area (Å²) in [5.74, 6) is 0. The van der Waals surface area contributed by atoms with Gasteiger partial charge in [0.25, 0.3) is 0 Å². The van der Waals surface area contributed by atoms with Gasteiger partial charge in [-0.05, 0) is 64.3 Å². The molecule has 2 fully saturated rings. The molecule has 1 aromatic carbocycles. The Morgan fingerprint density at radius 2 is 1.68 bits per heavy atom. The molecule has 5 nitrogen and oxygen atoms in total. The van der Waals surface area contributed by atoms with Gasteiger partial charge in [0, 0.05) is 44.0 Å². The molecule has 0 radical (unpaired) electrons. The fraction of sp³-hybridized carbons (Fsp3) is 0.696. The Labute approximate surface area is 195 Å². The van der Waals surface area contributed by atoms with Crippen LogP contribution in [0.15, 0.2) is 18.2 Å². The minimum absolute atomic E-state index is 0.232. The van der Waals surface area contributed by atoms with Gasteiger partial charge in [-0.3, -0.25) is 4.90 Å². The van der Waals surface area contributed by atoms with E-state index in [2.05, 4.69) is 9.64 Å². The number of piperidine rings is 1. The van der Waals surface area contributed by atoms with E-state index in [1.165, 1.54) is 17.0 Å². The van der Waals surface area contributed by atoms with Crippen LogP contribution in [0.1, 0.15) is 50.7 Å². The van der Waals surface area contributed by atoms with E-state index >= 15 is 0 Å². The number of hydrogen-bond acceptors (Lipinski definition) is 4. The lowest BCUT2D eigenvalue weighted by molar-refractivity contribution is -0.200. The van der Waals surface area contributed by atoms with E-state index in [1.54, 1.807) is 0 Å². The van der Waals surface area contributed by atoms with Crippen LogP contribution in [0.25, 0.3) is 0 Å². The van der Waals surface area contributed by atoms with Crippen molar-refractivity contribution >= 4 is 11.8 Å². The molecule has 0 saturated carbocycles. The molecule has 0 aliphatic carbocycles. The number of carbonyl (C=O) groups excluding carboxylic acids is 1. The summed E-state index contributed by atoms with van der Waals surface area (Å²) in [4.78, 5) is 17.4. The molecule has 0 bridgehead atoms. The zero-order valence-electron chi connectivity index (χ0n) is 19.6. The first-order valence-corrected chi connectivity index (χ1v) is 11.4. The first-order valence-electron chi connectivity index (χ1n) is 11.4. The predicted molar refractivity (Wildman–Crippen MR) is 116 cm³/mol. The normalized spacial score (nSPS) is 20.1. The number of halogens is 6. The summed E-state index contributed by atoms with van der Waals surface area (Å²) < 4.78 is 82.5. The van der Waals surface area contributed by atoms with Crippen molar-refractivity contribution < 1.29 is 35.9 Å². The average Bonchev–Trinajstić information content (AvgIpc) is 3.27. The number of likely N-dealkylation sites (tertiary alicyclic amines) is 1. The van der Waals surface area contributed by atoms with Crippen molar-refractivity contribution in [1.29, 1.82) is 0 Å². The van der Waals surface area contributed by atoms with Gasteiger partial charge in [0.2, 0.25) is 0 Å². The Hall–Kier alpha value is -2.17. The lowest BCUT2D eigenvalue weighted by Crippen LogP contribution is -2.53. The topological polar surface area (TPSA) is 36.0 Å². The number of ether oxygens (including phenoxy) is 1. The van der Waals surface area contributed by atoms with E-state index in [-0.39, 0.29) is 18.6 Å². The molecule has 0 spiro atoms. The minimum atomic E-state index is -4.62. The molecule has 192 valence electrons. The summed E-state index contributed by atoms with van der Waals surface area (Å²) in [5, 5.41) is 0. The summed E-state index contributed by atoms with van der Waals surface area (Å²) in [6.45, 7) is 5.09. The van der Waals surface area contributed by atoms with Gasteiger partial charge in [-0.15, -0.1) is 0 Å². The molecule has 2 aliphatic heterocycles. The van der Waals surface area contributed by atoms with Gasteiger partial charge in [0.05, 0.1) is 5.56 Å². The lowest BCUT2D eigenvalue weighted by Gasteiger charge is -2.45. The Kier molecular flexibility index (Phi) is 7.64. The van der Waals surface area contributed by atoms with Gasteiger partial charge in [-0.2, -0.15) is 26.3 Å². The molecule has 1 atom stereocenters. The third-order valence-electron chi connectivity index (χ3n) is 7.03. The minimum Gasteiger partial charge on any atom is -0.437 e. The molecule has 0 aromatic heterocycles. The molecule has 11 heteroatoms. The Morgan fingerprint density at radius 3 is 2.21 bits per heavy atom. The predicted octanol–water partition coefficient (Wildman–Crippen LogP) is 5.68. The highest BCUT2D eigenvalue weighted by molar-refractivity contribution is 5.68. The van der Waals surface area contributed by atoms with Crippen LogP contribution in [-0.4, -0.2) is 66.9 Å². The molecule has 2 heterocycles. The summed E-state index contributed by atoms with van der Waals surface area (Å²) in [5.41, 5.74) is 0.327. The van der Waals surface area contributed by atoms with Gasteiger partial charge in [0.1, 0.15) is 0 Å². The maximum Gasteiger partial charge on any atom is 0.425 e. The number of anilines is 1. The van der Waals surface area contributed by atoms with Crippen molar-refractivity contribution in [2.24, 2.45) is 0 Å². The first-order chi connectivity index (χ1) is 15.7. The Balaban J connectivity index is 1.68. The van der Waals surface area contributed by atoms with E-state index in [4.69, 9.17) is 0 Å². The van der Waals surface area contributed by atoms with Gasteiger partial charge in [-0.25, -0.2) is 4.79 Å². The molecule has 2 aliphatic rings. The monoisotopic (exact) mass is 495 g/mol. The third-order valence-corrected chi connectivity index (χ3v) is 7.03. The van der Waals surface area contributed by atoms with Crippen LogP contribution >= 0.6 is 0 Å². The summed E-state index contributed by atoms with van der Waals surface area (Å²) >= 11 is 0. The van der Waals surface area contributed by atoms with Crippen molar-refractivity contribution in [1.82, 2.24) is 9.80 Å². The number of benzene rings is 1. The van der Waals surface area contributed by atoms with Gasteiger partial charge in [0.15, 0.2) is 6.10 Å². The second-order valence-electron chi connectivity index (χ2n) is 9.44. The highest BCUT2D eigenvalue weighted by Crippen LogP contribution is 2.37. The maximum atomic E-state index is 13.3. The zero-order chi connectivity index (χ0) is 25.3. The number of carbonyl (C=O) groups is 1. The van der Waals surface area contributed by atoms with Crippen LogP contribution in [0.5, 0.6) is 0 Å². The van der Waals surface area contributed by atoms with Crippen LogP contribution < -0.4 is 4.90 Å². The summed E-state index contributed by atoms with van der Waals surface area (Å²) in [6, 6.07) is 3.85. The smallest absolute Gasteiger partial charge is 0.425 e. The van der Waals surface area contributed by atoms with Gasteiger partial charge >= 0.3 is 18.4 Å². The fourth-order valence-electron chi connectivity index (χ4n) is 4.42. The Morgan fingerprint density at radius 1 is 1.09 bits per heavy atom. The van der Waals surface area contributed by atoms with Crippen LogP contribution in [-0.2, 0) is 17.5 Å². The largest absolute Gasteiger partial charge is 0.437 e. The van der Waals surface area contributed by atoms with E-state index in [0.29, 0.717) is 38.2 Å². The number of amides is 1. The van der Waals surface area contributed by atoms with Crippen molar-refractivity contribution in [3.63, 3.8) is 0 Å². The standard InChI is InChI=1S/C23H31F6N3O2/c1-16(22(24,25)26)34-20(33)32-12-8-21(2,9-13-32)30(3)15-17-6-7-18(23(27,28)29)14-19(17)31-10-4-5-11-31/h6-7,14,16H,4-5,8-13,15H2,1-3H3. The molecule has 1 aromatic rings. The highest BCUT2D eigenvalue weighted by atomic mass is 19.4. The van der Waals surface area contributed by atoms with E-state index in [1.807, 2.05) is 18.9 Å². The SMILES string of the molecule is CC(OC(=O)N1CCC(C)(N(C)Cc2ccc(C(F)(F)F)cc2N2CCCC2)CC1)C(F)(F)F. The molecule has 34 heavy (non-hydrogen) atoms. The number of rotatable bonds is 5. The van der Waals surface area contributed by atoms with Crippen molar-refractivity contribution in [2.45, 2.75) is 70.1 Å². The molecule has 1 unspecified atom stereocenters.